The average Bonchev–Trinajstić information content (AvgIpc) is 1.87. The molecular weight excluding hydrogens is 104 g/mol. The minimum absolute atomic E-state index is 0.542. The maximum atomic E-state index is 11.0. The van der Waals surface area contributed by atoms with Gasteiger partial charge in [0.05, 0.1) is 0 Å². The molecule has 0 unspecified atom stereocenters. The summed E-state index contributed by atoms with van der Waals surface area (Å²) in [5, 5.41) is 11.0. The van der Waals surface area contributed by atoms with Gasteiger partial charge in [0.1, 0.15) is 0 Å². The van der Waals surface area contributed by atoms with Crippen molar-refractivity contribution >= 4 is 0 Å². The van der Waals surface area contributed by atoms with Crippen LogP contribution in [0.1, 0.15) is 26.7 Å². The van der Waals surface area contributed by atoms with E-state index in [4.69, 9.17) is 0 Å². The van der Waals surface area contributed by atoms with Crippen molar-refractivity contribution in [3.63, 3.8) is 0 Å². The fourth-order valence-electron chi connectivity index (χ4n) is 0.539. The smallest absolute Gasteiger partial charge is 0.200 e. The maximum absolute atomic E-state index is 11.0. The van der Waals surface area contributed by atoms with E-state index in [1.807, 2.05) is 13.8 Å². The highest BCUT2D eigenvalue weighted by atomic mass is 16.6. The third-order valence-electron chi connectivity index (χ3n) is 1.45. The highest BCUT2D eigenvalue weighted by Gasteiger charge is 2.22. The van der Waals surface area contributed by atoms with Crippen LogP contribution in [-0.4, -0.2) is 12.9 Å². The lowest BCUT2D eigenvalue weighted by Gasteiger charge is -2.19. The van der Waals surface area contributed by atoms with Gasteiger partial charge in [-0.2, -0.15) is 5.11 Å². The van der Waals surface area contributed by atoms with E-state index in [-0.39, 0.29) is 0 Å². The summed E-state index contributed by atoms with van der Waals surface area (Å²) >= 11 is 0. The molecule has 2 heteroatoms. The van der Waals surface area contributed by atoms with Crippen molar-refractivity contribution in [1.29, 1.82) is 0 Å². The topological polar surface area (TPSA) is 29.1 Å². The molecule has 0 aromatic heterocycles. The second kappa shape index (κ2) is 3.05. The molecule has 49 valence electrons. The normalized spacial score (nSPS) is 12.0. The number of hydrogen-bond acceptors (Lipinski definition) is 1. The average molecular weight is 117 g/mol. The zero-order chi connectivity index (χ0) is 6.62. The van der Waals surface area contributed by atoms with Crippen LogP contribution in [0.25, 0.3) is 0 Å². The molecule has 0 aliphatic carbocycles. The fourth-order valence-corrected chi connectivity index (χ4v) is 0.539. The fraction of sp³-hybridized carbons (Fsp3) is 1.00. The molecule has 0 spiro atoms. The first-order valence-electron chi connectivity index (χ1n) is 2.94. The quantitative estimate of drug-likeness (QED) is 0.516. The largest absolute Gasteiger partial charge is 0.351 e. The molecule has 0 aromatic rings. The number of ether oxygens (including phenoxy) is 1. The van der Waals surface area contributed by atoms with Gasteiger partial charge in [-0.3, -0.25) is 0 Å². The van der Waals surface area contributed by atoms with E-state index < -0.39 is 5.79 Å². The first-order valence-corrected chi connectivity index (χ1v) is 2.94. The van der Waals surface area contributed by atoms with E-state index >= 15 is 0 Å². The summed E-state index contributed by atoms with van der Waals surface area (Å²) in [6, 6.07) is 0. The lowest BCUT2D eigenvalue weighted by Crippen LogP contribution is -2.26. The van der Waals surface area contributed by atoms with Gasteiger partial charge in [-0.05, 0) is 0 Å². The van der Waals surface area contributed by atoms with Crippen LogP contribution in [0.3, 0.4) is 0 Å². The molecule has 0 saturated carbocycles. The van der Waals surface area contributed by atoms with Gasteiger partial charge in [0.2, 0.25) is 5.79 Å². The highest BCUT2D eigenvalue weighted by molar-refractivity contribution is 4.58. The van der Waals surface area contributed by atoms with Crippen LogP contribution in [0.2, 0.25) is 0 Å². The molecular formula is C6H13O2. The summed E-state index contributed by atoms with van der Waals surface area (Å²) < 4.78 is 4.68. The maximum Gasteiger partial charge on any atom is 0.200 e. The van der Waals surface area contributed by atoms with Crippen LogP contribution in [0.15, 0.2) is 0 Å². The Bertz CT molecular complexity index is 49.3. The molecule has 0 aliphatic heterocycles. The second-order valence-corrected chi connectivity index (χ2v) is 1.82. The van der Waals surface area contributed by atoms with E-state index in [0.29, 0.717) is 12.8 Å². The number of hydrogen-bond donors (Lipinski definition) is 0. The van der Waals surface area contributed by atoms with Gasteiger partial charge in [-0.25, -0.2) is 0 Å². The zero-order valence-electron chi connectivity index (χ0n) is 5.73. The van der Waals surface area contributed by atoms with Gasteiger partial charge in [0, 0.05) is 20.0 Å². The molecule has 0 N–H and O–H groups in total. The van der Waals surface area contributed by atoms with Crippen LogP contribution >= 0.6 is 0 Å². The van der Waals surface area contributed by atoms with E-state index in [2.05, 4.69) is 4.74 Å². The molecule has 0 amide bonds. The lowest BCUT2D eigenvalue weighted by molar-refractivity contribution is -0.228. The van der Waals surface area contributed by atoms with E-state index in [0.717, 1.165) is 0 Å². The summed E-state index contributed by atoms with van der Waals surface area (Å²) in [5.41, 5.74) is 0. The minimum Gasteiger partial charge on any atom is -0.351 e. The Morgan fingerprint density at radius 1 is 1.38 bits per heavy atom. The predicted molar refractivity (Wildman–Crippen MR) is 31.0 cm³/mol. The molecule has 0 aromatic carbocycles. The van der Waals surface area contributed by atoms with Crippen molar-refractivity contribution in [2.24, 2.45) is 0 Å². The summed E-state index contributed by atoms with van der Waals surface area (Å²) in [6.45, 7) is 3.67. The van der Waals surface area contributed by atoms with Crippen LogP contribution in [-0.2, 0) is 9.84 Å². The molecule has 8 heavy (non-hydrogen) atoms. The van der Waals surface area contributed by atoms with Gasteiger partial charge in [-0.1, -0.05) is 13.8 Å². The van der Waals surface area contributed by atoms with Crippen molar-refractivity contribution in [3.05, 3.63) is 0 Å². The van der Waals surface area contributed by atoms with Gasteiger partial charge in [-0.15, -0.1) is 0 Å². The summed E-state index contributed by atoms with van der Waals surface area (Å²) in [4.78, 5) is 0. The summed E-state index contributed by atoms with van der Waals surface area (Å²) in [6.07, 6.45) is 1.08. The molecule has 1 radical (unpaired) electrons. The molecule has 0 rings (SSSR count). The first-order chi connectivity index (χ1) is 3.68. The van der Waals surface area contributed by atoms with Crippen LogP contribution < -0.4 is 0 Å². The summed E-state index contributed by atoms with van der Waals surface area (Å²) in [7, 11) is 1.46. The van der Waals surface area contributed by atoms with E-state index in [9.17, 15) is 5.11 Å². The van der Waals surface area contributed by atoms with Gasteiger partial charge < -0.3 is 4.74 Å². The van der Waals surface area contributed by atoms with Crippen molar-refractivity contribution < 1.29 is 9.84 Å². The Kier molecular flexibility index (Phi) is 3.02. The third-order valence-corrected chi connectivity index (χ3v) is 1.45. The predicted octanol–water partition coefficient (Wildman–Crippen LogP) is 1.58. The molecule has 2 nitrogen and oxygen atoms in total. The lowest BCUT2D eigenvalue weighted by atomic mass is 10.1. The SMILES string of the molecule is CCC([O])(CC)OC. The molecule has 0 atom stereocenters. The van der Waals surface area contributed by atoms with Gasteiger partial charge in [0.15, 0.2) is 0 Å². The molecule has 0 saturated heterocycles. The van der Waals surface area contributed by atoms with Crippen molar-refractivity contribution in [1.82, 2.24) is 0 Å². The van der Waals surface area contributed by atoms with Crippen LogP contribution in [0, 0.1) is 0 Å². The Morgan fingerprint density at radius 2 is 1.75 bits per heavy atom. The second-order valence-electron chi connectivity index (χ2n) is 1.82. The Balaban J connectivity index is 3.58. The highest BCUT2D eigenvalue weighted by Crippen LogP contribution is 2.14. The molecule has 0 aliphatic rings. The van der Waals surface area contributed by atoms with E-state index in [1.54, 1.807) is 0 Å². The standard InChI is InChI=1S/C6H13O2/c1-4-6(7,5-2)8-3/h4-5H2,1-3H3. The van der Waals surface area contributed by atoms with Crippen LogP contribution in [0.5, 0.6) is 0 Å². The Morgan fingerprint density at radius 3 is 1.75 bits per heavy atom. The monoisotopic (exact) mass is 117 g/mol. The Labute approximate surface area is 50.5 Å². The Hall–Kier alpha value is -0.0800. The van der Waals surface area contributed by atoms with Crippen molar-refractivity contribution in [3.8, 4) is 0 Å². The van der Waals surface area contributed by atoms with Gasteiger partial charge in [0.25, 0.3) is 0 Å². The van der Waals surface area contributed by atoms with Crippen molar-refractivity contribution in [2.45, 2.75) is 32.5 Å². The van der Waals surface area contributed by atoms with Crippen LogP contribution in [0.4, 0.5) is 0 Å². The number of methoxy groups -OCH3 is 1. The van der Waals surface area contributed by atoms with E-state index in [1.165, 1.54) is 7.11 Å². The first kappa shape index (κ1) is 7.92. The van der Waals surface area contributed by atoms with Gasteiger partial charge >= 0.3 is 0 Å². The zero-order valence-corrected chi connectivity index (χ0v) is 5.73. The number of rotatable bonds is 3. The third kappa shape index (κ3) is 1.80. The summed E-state index contributed by atoms with van der Waals surface area (Å²) in [5.74, 6) is -1.12. The molecule has 0 bridgehead atoms. The minimum atomic E-state index is -1.12. The molecule has 0 heterocycles. The molecule has 0 fully saturated rings. The van der Waals surface area contributed by atoms with Crippen molar-refractivity contribution in [2.75, 3.05) is 7.11 Å².